The molecule has 0 spiro atoms. The molecule has 1 amide bonds. The van der Waals surface area contributed by atoms with E-state index >= 15 is 0 Å². The van der Waals surface area contributed by atoms with E-state index in [1.165, 1.54) is 11.8 Å². The molecule has 150 valence electrons. The first kappa shape index (κ1) is 20.5. The molecule has 0 fully saturated rings. The van der Waals surface area contributed by atoms with Gasteiger partial charge in [0.25, 0.3) is 0 Å². The minimum absolute atomic E-state index is 0.167. The third-order valence-corrected chi connectivity index (χ3v) is 4.99. The van der Waals surface area contributed by atoms with Crippen LogP contribution in [0, 0.1) is 0 Å². The van der Waals surface area contributed by atoms with Gasteiger partial charge >= 0.3 is 0 Å². The predicted molar refractivity (Wildman–Crippen MR) is 115 cm³/mol. The van der Waals surface area contributed by atoms with Crippen molar-refractivity contribution in [2.45, 2.75) is 11.7 Å². The second kappa shape index (κ2) is 9.79. The van der Waals surface area contributed by atoms with E-state index in [0.29, 0.717) is 28.9 Å². The van der Waals surface area contributed by atoms with Crippen LogP contribution in [0.4, 0.5) is 5.69 Å². The van der Waals surface area contributed by atoms with Crippen LogP contribution in [0.1, 0.15) is 0 Å². The Bertz CT molecular complexity index is 967. The van der Waals surface area contributed by atoms with Crippen LogP contribution in [0.15, 0.2) is 66.3 Å². The van der Waals surface area contributed by atoms with E-state index in [1.54, 1.807) is 38.5 Å². The van der Waals surface area contributed by atoms with Crippen LogP contribution in [0.25, 0.3) is 11.4 Å². The lowest BCUT2D eigenvalue weighted by Crippen LogP contribution is -2.15. The van der Waals surface area contributed by atoms with Gasteiger partial charge in [0.05, 0.1) is 20.0 Å². The van der Waals surface area contributed by atoms with Crippen molar-refractivity contribution in [3.05, 3.63) is 61.2 Å². The highest BCUT2D eigenvalue weighted by atomic mass is 32.2. The number of amides is 1. The van der Waals surface area contributed by atoms with Gasteiger partial charge in [-0.3, -0.25) is 9.36 Å². The Labute approximate surface area is 173 Å². The molecule has 1 heterocycles. The molecule has 2 aromatic carbocycles. The SMILES string of the molecule is C=CCn1c(SCC(=O)Nc2cc(OC)cc(OC)c2)nnc1-c1ccccc1. The van der Waals surface area contributed by atoms with Crippen molar-refractivity contribution in [1.29, 1.82) is 0 Å². The highest BCUT2D eigenvalue weighted by molar-refractivity contribution is 7.99. The number of methoxy groups -OCH3 is 2. The Morgan fingerprint density at radius 3 is 2.45 bits per heavy atom. The number of nitrogens with one attached hydrogen (secondary N) is 1. The largest absolute Gasteiger partial charge is 0.497 e. The lowest BCUT2D eigenvalue weighted by atomic mass is 10.2. The van der Waals surface area contributed by atoms with Crippen molar-refractivity contribution in [3.8, 4) is 22.9 Å². The number of hydrogen-bond donors (Lipinski definition) is 1. The molecule has 0 atom stereocenters. The zero-order valence-corrected chi connectivity index (χ0v) is 17.1. The fourth-order valence-electron chi connectivity index (χ4n) is 2.70. The summed E-state index contributed by atoms with van der Waals surface area (Å²) in [6.07, 6.45) is 1.78. The van der Waals surface area contributed by atoms with Gasteiger partial charge in [0, 0.05) is 36.0 Å². The summed E-state index contributed by atoms with van der Waals surface area (Å²) in [7, 11) is 3.12. The highest BCUT2D eigenvalue weighted by Gasteiger charge is 2.15. The zero-order chi connectivity index (χ0) is 20.6. The van der Waals surface area contributed by atoms with Crippen LogP contribution < -0.4 is 14.8 Å². The Morgan fingerprint density at radius 2 is 1.83 bits per heavy atom. The number of rotatable bonds is 9. The van der Waals surface area contributed by atoms with Crippen molar-refractivity contribution < 1.29 is 14.3 Å². The molecule has 1 aromatic heterocycles. The number of benzene rings is 2. The molecule has 0 saturated carbocycles. The number of carbonyl (C=O) groups excluding carboxylic acids is 1. The predicted octanol–water partition coefficient (Wildman–Crippen LogP) is 3.88. The quantitative estimate of drug-likeness (QED) is 0.426. The minimum atomic E-state index is -0.167. The van der Waals surface area contributed by atoms with Crippen molar-refractivity contribution in [2.24, 2.45) is 0 Å². The van der Waals surface area contributed by atoms with Crippen molar-refractivity contribution in [1.82, 2.24) is 14.8 Å². The van der Waals surface area contributed by atoms with Gasteiger partial charge in [0.1, 0.15) is 11.5 Å². The molecule has 0 aliphatic heterocycles. The molecule has 29 heavy (non-hydrogen) atoms. The standard InChI is InChI=1S/C21H22N4O3S/c1-4-10-25-20(15-8-6-5-7-9-15)23-24-21(25)29-14-19(26)22-16-11-17(27-2)13-18(12-16)28-3/h4-9,11-13H,1,10,14H2,2-3H3,(H,22,26). The van der Waals surface area contributed by atoms with E-state index in [1.807, 2.05) is 34.9 Å². The lowest BCUT2D eigenvalue weighted by Gasteiger charge is -2.10. The first-order chi connectivity index (χ1) is 14.1. The van der Waals surface area contributed by atoms with Crippen LogP contribution in [0.5, 0.6) is 11.5 Å². The first-order valence-corrected chi connectivity index (χ1v) is 9.88. The summed E-state index contributed by atoms with van der Waals surface area (Å²) < 4.78 is 12.4. The molecule has 0 unspecified atom stereocenters. The van der Waals surface area contributed by atoms with Gasteiger partial charge < -0.3 is 14.8 Å². The highest BCUT2D eigenvalue weighted by Crippen LogP contribution is 2.27. The molecular formula is C21H22N4O3S. The maximum Gasteiger partial charge on any atom is 0.234 e. The van der Waals surface area contributed by atoms with E-state index in [0.717, 1.165) is 11.4 Å². The third kappa shape index (κ3) is 5.17. The maximum atomic E-state index is 12.4. The molecule has 0 aliphatic carbocycles. The van der Waals surface area contributed by atoms with Crippen molar-refractivity contribution >= 4 is 23.4 Å². The van der Waals surface area contributed by atoms with E-state index < -0.39 is 0 Å². The molecular weight excluding hydrogens is 388 g/mol. The second-order valence-corrected chi connectivity index (χ2v) is 6.95. The van der Waals surface area contributed by atoms with Gasteiger partial charge in [-0.25, -0.2) is 0 Å². The molecule has 3 rings (SSSR count). The molecule has 0 radical (unpaired) electrons. The molecule has 0 aliphatic rings. The van der Waals surface area contributed by atoms with Gasteiger partial charge in [-0.15, -0.1) is 16.8 Å². The fraction of sp³-hybridized carbons (Fsp3) is 0.190. The molecule has 3 aromatic rings. The zero-order valence-electron chi connectivity index (χ0n) is 16.3. The Morgan fingerprint density at radius 1 is 1.14 bits per heavy atom. The first-order valence-electron chi connectivity index (χ1n) is 8.90. The fourth-order valence-corrected chi connectivity index (χ4v) is 3.44. The number of anilines is 1. The van der Waals surface area contributed by atoms with Crippen molar-refractivity contribution in [2.75, 3.05) is 25.3 Å². The third-order valence-electron chi connectivity index (χ3n) is 4.03. The summed E-state index contributed by atoms with van der Waals surface area (Å²) >= 11 is 1.32. The van der Waals surface area contributed by atoms with Crippen LogP contribution in [-0.2, 0) is 11.3 Å². The number of ether oxygens (including phenoxy) is 2. The number of hydrogen-bond acceptors (Lipinski definition) is 6. The number of aromatic nitrogens is 3. The van der Waals surface area contributed by atoms with Crippen LogP contribution in [-0.4, -0.2) is 40.6 Å². The summed E-state index contributed by atoms with van der Waals surface area (Å²) in [6, 6.07) is 15.0. The van der Waals surface area contributed by atoms with Gasteiger partial charge in [0.15, 0.2) is 11.0 Å². The number of thioether (sulfide) groups is 1. The van der Waals surface area contributed by atoms with Gasteiger partial charge in [-0.05, 0) is 0 Å². The second-order valence-electron chi connectivity index (χ2n) is 6.01. The summed E-state index contributed by atoms with van der Waals surface area (Å²) in [5.74, 6) is 1.96. The summed E-state index contributed by atoms with van der Waals surface area (Å²) in [6.45, 7) is 4.36. The Kier molecular flexibility index (Phi) is 6.91. The van der Waals surface area contributed by atoms with Gasteiger partial charge in [-0.2, -0.15) is 0 Å². The van der Waals surface area contributed by atoms with Crippen LogP contribution >= 0.6 is 11.8 Å². The van der Waals surface area contributed by atoms with E-state index in [2.05, 4.69) is 22.1 Å². The molecule has 1 N–H and O–H groups in total. The maximum absolute atomic E-state index is 12.4. The normalized spacial score (nSPS) is 10.4. The van der Waals surface area contributed by atoms with Gasteiger partial charge in [-0.1, -0.05) is 48.2 Å². The molecule has 7 nitrogen and oxygen atoms in total. The summed E-state index contributed by atoms with van der Waals surface area (Å²) in [5, 5.41) is 12.1. The smallest absolute Gasteiger partial charge is 0.234 e. The lowest BCUT2D eigenvalue weighted by molar-refractivity contribution is -0.113. The monoisotopic (exact) mass is 410 g/mol. The van der Waals surface area contributed by atoms with E-state index in [-0.39, 0.29) is 11.7 Å². The number of carbonyl (C=O) groups is 1. The average molecular weight is 410 g/mol. The number of allylic oxidation sites excluding steroid dienone is 1. The topological polar surface area (TPSA) is 78.3 Å². The van der Waals surface area contributed by atoms with E-state index in [4.69, 9.17) is 9.47 Å². The van der Waals surface area contributed by atoms with Gasteiger partial charge in [0.2, 0.25) is 5.91 Å². The summed E-state index contributed by atoms with van der Waals surface area (Å²) in [5.41, 5.74) is 1.56. The Hall–Kier alpha value is -3.26. The molecule has 8 heteroatoms. The minimum Gasteiger partial charge on any atom is -0.497 e. The Balaban J connectivity index is 1.70. The molecule has 0 saturated heterocycles. The average Bonchev–Trinajstić information content (AvgIpc) is 3.15. The number of nitrogens with zero attached hydrogens (tertiary/aromatic N) is 3. The molecule has 0 bridgehead atoms. The van der Waals surface area contributed by atoms with Crippen LogP contribution in [0.2, 0.25) is 0 Å². The van der Waals surface area contributed by atoms with Crippen LogP contribution in [0.3, 0.4) is 0 Å². The summed E-state index contributed by atoms with van der Waals surface area (Å²) in [4.78, 5) is 12.4. The van der Waals surface area contributed by atoms with E-state index in [9.17, 15) is 4.79 Å². The van der Waals surface area contributed by atoms with Crippen molar-refractivity contribution in [3.63, 3.8) is 0 Å².